The molecule has 2 heterocycles. The number of rotatable bonds is 6. The van der Waals surface area contributed by atoms with Crippen molar-refractivity contribution in [3.8, 4) is 5.75 Å². The summed E-state index contributed by atoms with van der Waals surface area (Å²) in [5, 5.41) is 5.43. The Hall–Kier alpha value is -2.05. The van der Waals surface area contributed by atoms with Crippen LogP contribution < -0.4 is 15.8 Å². The van der Waals surface area contributed by atoms with Crippen molar-refractivity contribution < 1.29 is 9.53 Å². The van der Waals surface area contributed by atoms with Gasteiger partial charge in [-0.05, 0) is 31.0 Å². The smallest absolute Gasteiger partial charge is 0.249 e. The number of piperidine rings is 1. The van der Waals surface area contributed by atoms with Gasteiger partial charge in [0.2, 0.25) is 5.91 Å². The molecule has 5 nitrogen and oxygen atoms in total. The van der Waals surface area contributed by atoms with E-state index in [4.69, 9.17) is 10.5 Å². The molecule has 24 heavy (non-hydrogen) atoms. The summed E-state index contributed by atoms with van der Waals surface area (Å²) >= 11 is 1.61. The van der Waals surface area contributed by atoms with Crippen molar-refractivity contribution >= 4 is 22.9 Å². The van der Waals surface area contributed by atoms with E-state index in [0.717, 1.165) is 43.9 Å². The Morgan fingerprint density at radius 2 is 2.12 bits per heavy atom. The minimum absolute atomic E-state index is 0.350. The molecule has 3 rings (SSSR count). The average molecular weight is 345 g/mol. The highest BCUT2D eigenvalue weighted by Gasteiger charge is 2.20. The Bertz CT molecular complexity index is 693. The molecule has 1 aliphatic heterocycles. The van der Waals surface area contributed by atoms with Gasteiger partial charge >= 0.3 is 0 Å². The first-order valence-corrected chi connectivity index (χ1v) is 9.03. The van der Waals surface area contributed by atoms with Gasteiger partial charge in [-0.25, -0.2) is 0 Å². The first-order chi connectivity index (χ1) is 11.7. The summed E-state index contributed by atoms with van der Waals surface area (Å²) in [5.41, 5.74) is 6.98. The van der Waals surface area contributed by atoms with Gasteiger partial charge in [0.1, 0.15) is 5.75 Å². The Balaban J connectivity index is 1.51. The molecule has 1 aromatic heterocycles. The maximum atomic E-state index is 11.2. The van der Waals surface area contributed by atoms with E-state index in [-0.39, 0.29) is 5.91 Å². The van der Waals surface area contributed by atoms with E-state index in [2.05, 4.69) is 16.3 Å². The fraction of sp³-hybridized carbons (Fsp3) is 0.389. The minimum atomic E-state index is -0.350. The third-order valence-corrected chi connectivity index (χ3v) is 5.29. The fourth-order valence-electron chi connectivity index (χ4n) is 3.03. The van der Waals surface area contributed by atoms with Crippen molar-refractivity contribution in [3.63, 3.8) is 0 Å². The third-order valence-electron chi connectivity index (χ3n) is 4.37. The van der Waals surface area contributed by atoms with Crippen LogP contribution >= 0.6 is 11.3 Å². The minimum Gasteiger partial charge on any atom is -0.495 e. The summed E-state index contributed by atoms with van der Waals surface area (Å²) in [6.45, 7) is 2.96. The number of nitrogens with zero attached hydrogens (tertiary/aromatic N) is 1. The molecule has 128 valence electrons. The molecule has 1 amide bonds. The van der Waals surface area contributed by atoms with Gasteiger partial charge < -0.3 is 15.8 Å². The van der Waals surface area contributed by atoms with E-state index in [9.17, 15) is 4.79 Å². The number of amides is 1. The summed E-state index contributed by atoms with van der Waals surface area (Å²) in [5.74, 6) is 0.537. The number of methoxy groups -OCH3 is 1. The fourth-order valence-corrected chi connectivity index (χ4v) is 3.95. The second-order valence-corrected chi connectivity index (χ2v) is 7.06. The Labute approximate surface area is 146 Å². The topological polar surface area (TPSA) is 67.6 Å². The molecule has 0 saturated carbocycles. The molecule has 0 aliphatic carbocycles. The SMILES string of the molecule is COc1ccccc1NC1CCN(Cc2cc(C(N)=O)cs2)CC1. The van der Waals surface area contributed by atoms with E-state index in [1.807, 2.05) is 29.6 Å². The molecular formula is C18H23N3O2S. The summed E-state index contributed by atoms with van der Waals surface area (Å²) in [4.78, 5) is 14.8. The van der Waals surface area contributed by atoms with Crippen LogP contribution in [0.4, 0.5) is 5.69 Å². The van der Waals surface area contributed by atoms with E-state index in [0.29, 0.717) is 11.6 Å². The summed E-state index contributed by atoms with van der Waals surface area (Å²) in [6.07, 6.45) is 2.18. The molecule has 1 aliphatic rings. The molecule has 3 N–H and O–H groups in total. The van der Waals surface area contributed by atoms with Crippen molar-refractivity contribution in [1.82, 2.24) is 4.90 Å². The monoisotopic (exact) mass is 345 g/mol. The molecule has 1 fully saturated rings. The van der Waals surface area contributed by atoms with Crippen molar-refractivity contribution in [2.45, 2.75) is 25.4 Å². The zero-order valence-electron chi connectivity index (χ0n) is 13.8. The largest absolute Gasteiger partial charge is 0.495 e. The standard InChI is InChI=1S/C18H23N3O2S/c1-23-17-5-3-2-4-16(17)20-14-6-8-21(9-7-14)11-15-10-13(12-24-15)18(19)22/h2-5,10,12,14,20H,6-9,11H2,1H3,(H2,19,22). The summed E-state index contributed by atoms with van der Waals surface area (Å²) < 4.78 is 5.40. The van der Waals surface area contributed by atoms with Crippen LogP contribution in [-0.4, -0.2) is 37.0 Å². The van der Waals surface area contributed by atoms with Crippen LogP contribution in [-0.2, 0) is 6.54 Å². The van der Waals surface area contributed by atoms with Crippen LogP contribution in [0.3, 0.4) is 0 Å². The quantitative estimate of drug-likeness (QED) is 0.845. The van der Waals surface area contributed by atoms with Crippen molar-refractivity contribution in [3.05, 3.63) is 46.2 Å². The second-order valence-electron chi connectivity index (χ2n) is 6.06. The highest BCUT2D eigenvalue weighted by Crippen LogP contribution is 2.26. The van der Waals surface area contributed by atoms with Crippen LogP contribution in [0.25, 0.3) is 0 Å². The van der Waals surface area contributed by atoms with Crippen molar-refractivity contribution in [1.29, 1.82) is 0 Å². The number of nitrogens with one attached hydrogen (secondary N) is 1. The first kappa shape index (κ1) is 16.8. The zero-order valence-corrected chi connectivity index (χ0v) is 14.6. The van der Waals surface area contributed by atoms with Gasteiger partial charge in [-0.15, -0.1) is 11.3 Å². The number of carbonyl (C=O) groups is 1. The molecule has 0 unspecified atom stereocenters. The summed E-state index contributed by atoms with van der Waals surface area (Å²) in [7, 11) is 1.70. The molecule has 0 spiro atoms. The number of anilines is 1. The van der Waals surface area contributed by atoms with Gasteiger partial charge in [0.05, 0.1) is 18.4 Å². The Morgan fingerprint density at radius 3 is 2.79 bits per heavy atom. The van der Waals surface area contributed by atoms with Crippen molar-refractivity contribution in [2.24, 2.45) is 5.73 Å². The number of thiophene rings is 1. The first-order valence-electron chi connectivity index (χ1n) is 8.15. The molecular weight excluding hydrogens is 322 g/mol. The number of benzene rings is 1. The number of ether oxygens (including phenoxy) is 1. The maximum absolute atomic E-state index is 11.2. The van der Waals surface area contributed by atoms with E-state index in [1.54, 1.807) is 18.4 Å². The predicted molar refractivity (Wildman–Crippen MR) is 97.8 cm³/mol. The van der Waals surface area contributed by atoms with Gasteiger partial charge in [0.25, 0.3) is 0 Å². The number of para-hydroxylation sites is 2. The predicted octanol–water partition coefficient (Wildman–Crippen LogP) is 2.93. The van der Waals surface area contributed by atoms with E-state index >= 15 is 0 Å². The number of hydrogen-bond acceptors (Lipinski definition) is 5. The lowest BCUT2D eigenvalue weighted by Gasteiger charge is -2.32. The van der Waals surface area contributed by atoms with E-state index in [1.165, 1.54) is 4.88 Å². The van der Waals surface area contributed by atoms with Crippen molar-refractivity contribution in [2.75, 3.05) is 25.5 Å². The number of nitrogens with two attached hydrogens (primary N) is 1. The van der Waals surface area contributed by atoms with Crippen LogP contribution in [0, 0.1) is 0 Å². The zero-order chi connectivity index (χ0) is 16.9. The summed E-state index contributed by atoms with van der Waals surface area (Å²) in [6, 6.07) is 10.4. The number of likely N-dealkylation sites (tertiary alicyclic amines) is 1. The van der Waals surface area contributed by atoms with Gasteiger partial charge in [0.15, 0.2) is 0 Å². The number of primary amides is 1. The molecule has 0 atom stereocenters. The highest BCUT2D eigenvalue weighted by molar-refractivity contribution is 7.10. The molecule has 6 heteroatoms. The molecule has 0 radical (unpaired) electrons. The number of hydrogen-bond donors (Lipinski definition) is 2. The molecule has 2 aromatic rings. The van der Waals surface area contributed by atoms with Gasteiger partial charge in [-0.1, -0.05) is 12.1 Å². The van der Waals surface area contributed by atoms with Crippen LogP contribution in [0.15, 0.2) is 35.7 Å². The van der Waals surface area contributed by atoms with E-state index < -0.39 is 0 Å². The van der Waals surface area contributed by atoms with Crippen LogP contribution in [0.5, 0.6) is 5.75 Å². The third kappa shape index (κ3) is 4.07. The Morgan fingerprint density at radius 1 is 1.38 bits per heavy atom. The van der Waals surface area contributed by atoms with Gasteiger partial charge in [-0.2, -0.15) is 0 Å². The molecule has 1 aromatic carbocycles. The lowest BCUT2D eigenvalue weighted by molar-refractivity contribution is 0.100. The lowest BCUT2D eigenvalue weighted by atomic mass is 10.0. The second kappa shape index (κ2) is 7.68. The van der Waals surface area contributed by atoms with Crippen LogP contribution in [0.1, 0.15) is 28.1 Å². The molecule has 1 saturated heterocycles. The highest BCUT2D eigenvalue weighted by atomic mass is 32.1. The lowest BCUT2D eigenvalue weighted by Crippen LogP contribution is -2.38. The average Bonchev–Trinajstić information content (AvgIpc) is 3.06. The van der Waals surface area contributed by atoms with Crippen LogP contribution in [0.2, 0.25) is 0 Å². The number of carbonyl (C=O) groups excluding carboxylic acids is 1. The Kier molecular flexibility index (Phi) is 5.37. The molecule has 0 bridgehead atoms. The van der Waals surface area contributed by atoms with Gasteiger partial charge in [-0.3, -0.25) is 9.69 Å². The van der Waals surface area contributed by atoms with Gasteiger partial charge in [0, 0.05) is 35.9 Å². The normalized spacial score (nSPS) is 16.0. The maximum Gasteiger partial charge on any atom is 0.249 e.